The van der Waals surface area contributed by atoms with Gasteiger partial charge >= 0.3 is 5.97 Å². The standard InChI is InChI=1S/C26H24ClNO5/c1-31-25(29)16-19-8-2-4-11-22(19)32-14-13-24-26(30)28(17-18-7-6-9-20(27)15-18)21-10-3-5-12-23(21)33-24/h2-12,15,24H,13-14,16-17H2,1H3. The van der Waals surface area contributed by atoms with Crippen LogP contribution in [0.4, 0.5) is 5.69 Å². The second kappa shape index (κ2) is 10.4. The normalized spacial score (nSPS) is 14.9. The zero-order valence-electron chi connectivity index (χ0n) is 18.2. The first-order valence-electron chi connectivity index (χ1n) is 10.6. The number of hydrogen-bond donors (Lipinski definition) is 0. The zero-order valence-corrected chi connectivity index (χ0v) is 19.0. The number of carbonyl (C=O) groups excluding carboxylic acids is 2. The Morgan fingerprint density at radius 1 is 1.06 bits per heavy atom. The summed E-state index contributed by atoms with van der Waals surface area (Å²) in [5.74, 6) is 0.753. The van der Waals surface area contributed by atoms with Crippen molar-refractivity contribution >= 4 is 29.2 Å². The second-order valence-corrected chi connectivity index (χ2v) is 8.06. The maximum absolute atomic E-state index is 13.3. The number of halogens is 1. The summed E-state index contributed by atoms with van der Waals surface area (Å²) in [5.41, 5.74) is 2.38. The van der Waals surface area contributed by atoms with Crippen molar-refractivity contribution in [3.8, 4) is 11.5 Å². The number of nitrogens with zero attached hydrogens (tertiary/aromatic N) is 1. The van der Waals surface area contributed by atoms with Crippen molar-refractivity contribution in [3.63, 3.8) is 0 Å². The van der Waals surface area contributed by atoms with Crippen LogP contribution in [0.1, 0.15) is 17.5 Å². The van der Waals surface area contributed by atoms with Gasteiger partial charge < -0.3 is 19.1 Å². The fraction of sp³-hybridized carbons (Fsp3) is 0.231. The van der Waals surface area contributed by atoms with E-state index in [0.717, 1.165) is 16.8 Å². The fourth-order valence-corrected chi connectivity index (χ4v) is 3.95. The van der Waals surface area contributed by atoms with Gasteiger partial charge in [0, 0.05) is 17.0 Å². The molecule has 4 rings (SSSR count). The lowest BCUT2D eigenvalue weighted by Gasteiger charge is -2.34. The minimum absolute atomic E-state index is 0.117. The molecule has 1 heterocycles. The van der Waals surface area contributed by atoms with Crippen molar-refractivity contribution in [2.45, 2.75) is 25.5 Å². The van der Waals surface area contributed by atoms with Crippen molar-refractivity contribution in [2.75, 3.05) is 18.6 Å². The number of carbonyl (C=O) groups is 2. The van der Waals surface area contributed by atoms with E-state index in [-0.39, 0.29) is 24.9 Å². The molecule has 3 aromatic carbocycles. The Bertz CT molecular complexity index is 1150. The van der Waals surface area contributed by atoms with Gasteiger partial charge in [-0.05, 0) is 35.9 Å². The summed E-state index contributed by atoms with van der Waals surface area (Å²) in [6.07, 6.45) is -0.218. The van der Waals surface area contributed by atoms with Crippen LogP contribution in [-0.4, -0.2) is 31.7 Å². The highest BCUT2D eigenvalue weighted by Gasteiger charge is 2.34. The van der Waals surface area contributed by atoms with Gasteiger partial charge in [-0.1, -0.05) is 54.1 Å². The molecule has 1 aliphatic heterocycles. The van der Waals surface area contributed by atoms with Crippen LogP contribution < -0.4 is 14.4 Å². The van der Waals surface area contributed by atoms with Crippen LogP contribution in [0.15, 0.2) is 72.8 Å². The molecule has 0 saturated heterocycles. The number of methoxy groups -OCH3 is 1. The van der Waals surface area contributed by atoms with E-state index in [1.807, 2.05) is 60.7 Å². The lowest BCUT2D eigenvalue weighted by atomic mass is 10.1. The van der Waals surface area contributed by atoms with Gasteiger partial charge in [-0.2, -0.15) is 0 Å². The average Bonchev–Trinajstić information content (AvgIpc) is 2.82. The van der Waals surface area contributed by atoms with Crippen LogP contribution in [-0.2, 0) is 27.3 Å². The molecule has 0 radical (unpaired) electrons. The van der Waals surface area contributed by atoms with Crippen LogP contribution in [0.5, 0.6) is 11.5 Å². The first-order chi connectivity index (χ1) is 16.0. The van der Waals surface area contributed by atoms with Gasteiger partial charge in [0.05, 0.1) is 32.4 Å². The van der Waals surface area contributed by atoms with Crippen molar-refractivity contribution in [1.29, 1.82) is 0 Å². The molecule has 0 saturated carbocycles. The number of fused-ring (bicyclic) bond motifs is 1. The predicted octanol–water partition coefficient (Wildman–Crippen LogP) is 4.82. The van der Waals surface area contributed by atoms with E-state index >= 15 is 0 Å². The van der Waals surface area contributed by atoms with Gasteiger partial charge in [0.25, 0.3) is 5.91 Å². The Labute approximate surface area is 197 Å². The summed E-state index contributed by atoms with van der Waals surface area (Å²) in [6.45, 7) is 0.640. The summed E-state index contributed by atoms with van der Waals surface area (Å²) >= 11 is 6.13. The van der Waals surface area contributed by atoms with Gasteiger partial charge in [0.15, 0.2) is 6.10 Å². The van der Waals surface area contributed by atoms with Gasteiger partial charge in [0.2, 0.25) is 0 Å². The summed E-state index contributed by atoms with van der Waals surface area (Å²) in [4.78, 5) is 26.7. The van der Waals surface area contributed by atoms with Crippen molar-refractivity contribution in [1.82, 2.24) is 0 Å². The third-order valence-electron chi connectivity index (χ3n) is 5.37. The van der Waals surface area contributed by atoms with Crippen LogP contribution in [0.2, 0.25) is 5.02 Å². The third kappa shape index (κ3) is 5.46. The largest absolute Gasteiger partial charge is 0.493 e. The van der Waals surface area contributed by atoms with Gasteiger partial charge in [-0.25, -0.2) is 0 Å². The highest BCUT2D eigenvalue weighted by molar-refractivity contribution is 6.30. The Balaban J connectivity index is 1.47. The predicted molar refractivity (Wildman–Crippen MR) is 126 cm³/mol. The highest BCUT2D eigenvalue weighted by Crippen LogP contribution is 2.35. The summed E-state index contributed by atoms with van der Waals surface area (Å²) in [7, 11) is 1.35. The molecule has 3 aromatic rings. The zero-order chi connectivity index (χ0) is 23.2. The molecule has 0 aromatic heterocycles. The lowest BCUT2D eigenvalue weighted by Crippen LogP contribution is -2.46. The summed E-state index contributed by atoms with van der Waals surface area (Å²) in [5, 5.41) is 0.622. The molecule has 1 aliphatic rings. The van der Waals surface area contributed by atoms with Crippen LogP contribution in [0, 0.1) is 0 Å². The topological polar surface area (TPSA) is 65.1 Å². The molecule has 170 valence electrons. The number of hydrogen-bond acceptors (Lipinski definition) is 5. The second-order valence-electron chi connectivity index (χ2n) is 7.63. The highest BCUT2D eigenvalue weighted by atomic mass is 35.5. The van der Waals surface area contributed by atoms with Crippen LogP contribution in [0.25, 0.3) is 0 Å². The number of benzene rings is 3. The van der Waals surface area contributed by atoms with Crippen LogP contribution in [0.3, 0.4) is 0 Å². The van der Waals surface area contributed by atoms with E-state index in [2.05, 4.69) is 0 Å². The monoisotopic (exact) mass is 465 g/mol. The average molecular weight is 466 g/mol. The molecule has 0 bridgehead atoms. The van der Waals surface area contributed by atoms with Crippen molar-refractivity contribution in [2.24, 2.45) is 0 Å². The number of esters is 1. The Hall–Kier alpha value is -3.51. The smallest absolute Gasteiger partial charge is 0.310 e. The Morgan fingerprint density at radius 3 is 2.67 bits per heavy atom. The SMILES string of the molecule is COC(=O)Cc1ccccc1OCCC1Oc2ccccc2N(Cc2cccc(Cl)c2)C1=O. The number of para-hydroxylation sites is 3. The number of ether oxygens (including phenoxy) is 3. The van der Waals surface area contributed by atoms with Crippen molar-refractivity contribution in [3.05, 3.63) is 88.9 Å². The third-order valence-corrected chi connectivity index (χ3v) is 5.60. The molecule has 1 unspecified atom stereocenters. The first-order valence-corrected chi connectivity index (χ1v) is 11.0. The molecule has 0 fully saturated rings. The van der Waals surface area contributed by atoms with E-state index in [1.54, 1.807) is 17.0 Å². The molecule has 33 heavy (non-hydrogen) atoms. The Morgan fingerprint density at radius 2 is 1.85 bits per heavy atom. The van der Waals surface area contributed by atoms with Crippen LogP contribution >= 0.6 is 11.6 Å². The van der Waals surface area contributed by atoms with Gasteiger partial charge in [-0.3, -0.25) is 9.59 Å². The molecule has 0 spiro atoms. The molecule has 6 nitrogen and oxygen atoms in total. The lowest BCUT2D eigenvalue weighted by molar-refractivity contribution is -0.139. The van der Waals surface area contributed by atoms with E-state index in [1.165, 1.54) is 7.11 Å². The van der Waals surface area contributed by atoms with E-state index in [4.69, 9.17) is 25.8 Å². The van der Waals surface area contributed by atoms with Gasteiger partial charge in [-0.15, -0.1) is 0 Å². The number of amides is 1. The molecule has 7 heteroatoms. The minimum Gasteiger partial charge on any atom is -0.493 e. The molecule has 1 atom stereocenters. The van der Waals surface area contributed by atoms with E-state index in [9.17, 15) is 9.59 Å². The van der Waals surface area contributed by atoms with E-state index < -0.39 is 6.10 Å². The quantitative estimate of drug-likeness (QED) is 0.446. The number of rotatable bonds is 8. The summed E-state index contributed by atoms with van der Waals surface area (Å²) in [6, 6.07) is 22.2. The minimum atomic E-state index is -0.688. The molecule has 0 N–H and O–H groups in total. The van der Waals surface area contributed by atoms with Gasteiger partial charge in [0.1, 0.15) is 11.5 Å². The summed E-state index contributed by atoms with van der Waals surface area (Å²) < 4.78 is 16.7. The fourth-order valence-electron chi connectivity index (χ4n) is 3.73. The maximum atomic E-state index is 13.3. The molecule has 1 amide bonds. The maximum Gasteiger partial charge on any atom is 0.310 e. The number of anilines is 1. The molecule has 0 aliphatic carbocycles. The van der Waals surface area contributed by atoms with Crippen molar-refractivity contribution < 1.29 is 23.8 Å². The van der Waals surface area contributed by atoms with E-state index in [0.29, 0.717) is 29.5 Å². The molecular weight excluding hydrogens is 442 g/mol. The molecular formula is C26H24ClNO5. The first kappa shape index (κ1) is 22.7. The Kier molecular flexibility index (Phi) is 7.15.